The third kappa shape index (κ3) is 5.84. The molecule has 148 valence electrons. The van der Waals surface area contributed by atoms with E-state index in [1.54, 1.807) is 0 Å². The quantitative estimate of drug-likeness (QED) is 0.747. The molecule has 0 atom stereocenters. The summed E-state index contributed by atoms with van der Waals surface area (Å²) in [5, 5.41) is 3.10. The smallest absolute Gasteiger partial charge is 0.251 e. The first-order chi connectivity index (χ1) is 13.6. The number of rotatable bonds is 7. The van der Waals surface area contributed by atoms with Crippen molar-refractivity contribution in [2.24, 2.45) is 0 Å². The third-order valence-electron chi connectivity index (χ3n) is 5.01. The zero-order valence-electron chi connectivity index (χ0n) is 16.4. The zero-order valence-corrected chi connectivity index (χ0v) is 16.4. The van der Waals surface area contributed by atoms with Gasteiger partial charge in [0.1, 0.15) is 5.75 Å². The molecule has 5 nitrogen and oxygen atoms in total. The monoisotopic (exact) mass is 380 g/mol. The number of nitrogens with zero attached hydrogens (tertiary/aromatic N) is 1. The molecule has 0 aromatic heterocycles. The van der Waals surface area contributed by atoms with Crippen molar-refractivity contribution in [1.29, 1.82) is 0 Å². The Hall–Kier alpha value is -2.82. The lowest BCUT2D eigenvalue weighted by Crippen LogP contribution is -2.46. The van der Waals surface area contributed by atoms with E-state index in [2.05, 4.69) is 5.32 Å². The number of para-hydroxylation sites is 1. The SMILES string of the molecule is Cc1cccc(C(=O)NC2CCN(C(=O)CCCOc3ccccc3)CC2)c1. The molecule has 0 spiro atoms. The minimum Gasteiger partial charge on any atom is -0.494 e. The van der Waals surface area contributed by atoms with Crippen LogP contribution in [0.5, 0.6) is 5.75 Å². The number of nitrogens with one attached hydrogen (secondary N) is 1. The number of ether oxygens (including phenoxy) is 1. The molecule has 1 saturated heterocycles. The van der Waals surface area contributed by atoms with E-state index in [1.807, 2.05) is 66.4 Å². The Morgan fingerprint density at radius 1 is 1.07 bits per heavy atom. The second-order valence-electron chi connectivity index (χ2n) is 7.26. The van der Waals surface area contributed by atoms with Crippen LogP contribution in [0.25, 0.3) is 0 Å². The summed E-state index contributed by atoms with van der Waals surface area (Å²) in [6.45, 7) is 3.90. The fourth-order valence-corrected chi connectivity index (χ4v) is 3.42. The minimum atomic E-state index is -0.0356. The van der Waals surface area contributed by atoms with E-state index in [0.29, 0.717) is 38.1 Å². The highest BCUT2D eigenvalue weighted by Gasteiger charge is 2.23. The van der Waals surface area contributed by atoms with Crippen LogP contribution in [0, 0.1) is 6.92 Å². The highest BCUT2D eigenvalue weighted by molar-refractivity contribution is 5.94. The summed E-state index contributed by atoms with van der Waals surface area (Å²) in [6, 6.07) is 17.4. The predicted molar refractivity (Wildman–Crippen MR) is 109 cm³/mol. The Morgan fingerprint density at radius 3 is 2.54 bits per heavy atom. The second kappa shape index (κ2) is 9.93. The predicted octanol–water partition coefficient (Wildman–Crippen LogP) is 3.58. The van der Waals surface area contributed by atoms with E-state index in [9.17, 15) is 9.59 Å². The number of hydrogen-bond acceptors (Lipinski definition) is 3. The van der Waals surface area contributed by atoms with Gasteiger partial charge in [-0.25, -0.2) is 0 Å². The van der Waals surface area contributed by atoms with Gasteiger partial charge in [-0.2, -0.15) is 0 Å². The van der Waals surface area contributed by atoms with Crippen LogP contribution in [0.3, 0.4) is 0 Å². The van der Waals surface area contributed by atoms with Crippen LogP contribution in [-0.2, 0) is 4.79 Å². The first-order valence-corrected chi connectivity index (χ1v) is 9.95. The summed E-state index contributed by atoms with van der Waals surface area (Å²) < 4.78 is 5.64. The fourth-order valence-electron chi connectivity index (χ4n) is 3.42. The van der Waals surface area contributed by atoms with Gasteiger partial charge in [-0.05, 0) is 50.5 Å². The molecule has 0 aliphatic carbocycles. The number of carbonyl (C=O) groups excluding carboxylic acids is 2. The molecule has 2 amide bonds. The molecule has 2 aromatic rings. The summed E-state index contributed by atoms with van der Waals surface area (Å²) in [4.78, 5) is 26.6. The lowest BCUT2D eigenvalue weighted by Gasteiger charge is -2.32. The Morgan fingerprint density at radius 2 is 1.82 bits per heavy atom. The average Bonchev–Trinajstić information content (AvgIpc) is 2.72. The van der Waals surface area contributed by atoms with Crippen LogP contribution in [0.2, 0.25) is 0 Å². The maximum absolute atomic E-state index is 12.4. The largest absolute Gasteiger partial charge is 0.494 e. The highest BCUT2D eigenvalue weighted by Crippen LogP contribution is 2.14. The molecule has 1 heterocycles. The number of likely N-dealkylation sites (tertiary alicyclic amines) is 1. The minimum absolute atomic E-state index is 0.0356. The Kier molecular flexibility index (Phi) is 7.06. The van der Waals surface area contributed by atoms with E-state index in [4.69, 9.17) is 4.74 Å². The van der Waals surface area contributed by atoms with Crippen molar-refractivity contribution in [2.75, 3.05) is 19.7 Å². The van der Waals surface area contributed by atoms with E-state index in [0.717, 1.165) is 24.2 Å². The first kappa shape index (κ1) is 19.9. The van der Waals surface area contributed by atoms with Crippen LogP contribution in [0.15, 0.2) is 54.6 Å². The van der Waals surface area contributed by atoms with Gasteiger partial charge in [0, 0.05) is 31.1 Å². The van der Waals surface area contributed by atoms with Gasteiger partial charge in [0.15, 0.2) is 0 Å². The maximum Gasteiger partial charge on any atom is 0.251 e. The van der Waals surface area contributed by atoms with Crippen LogP contribution < -0.4 is 10.1 Å². The molecule has 0 radical (unpaired) electrons. The fraction of sp³-hybridized carbons (Fsp3) is 0.391. The topological polar surface area (TPSA) is 58.6 Å². The lowest BCUT2D eigenvalue weighted by atomic mass is 10.0. The normalized spacial score (nSPS) is 14.5. The van der Waals surface area contributed by atoms with Gasteiger partial charge in [-0.3, -0.25) is 9.59 Å². The first-order valence-electron chi connectivity index (χ1n) is 9.95. The van der Waals surface area contributed by atoms with Crippen molar-refractivity contribution >= 4 is 11.8 Å². The molecule has 28 heavy (non-hydrogen) atoms. The third-order valence-corrected chi connectivity index (χ3v) is 5.01. The molecule has 5 heteroatoms. The molecule has 0 bridgehead atoms. The molecule has 1 fully saturated rings. The van der Waals surface area contributed by atoms with Crippen molar-refractivity contribution < 1.29 is 14.3 Å². The molecule has 1 aliphatic rings. The van der Waals surface area contributed by atoms with Crippen LogP contribution >= 0.6 is 0 Å². The van der Waals surface area contributed by atoms with Crippen molar-refractivity contribution in [3.8, 4) is 5.75 Å². The standard InChI is InChI=1S/C23H28N2O3/c1-18-7-5-8-19(17-18)23(27)24-20-12-14-25(15-13-20)22(26)11-6-16-28-21-9-3-2-4-10-21/h2-5,7-10,17,20H,6,11-16H2,1H3,(H,24,27). The van der Waals surface area contributed by atoms with Gasteiger partial charge in [0.2, 0.25) is 5.91 Å². The van der Waals surface area contributed by atoms with Gasteiger partial charge in [0.25, 0.3) is 5.91 Å². The Labute approximate surface area is 166 Å². The Balaban J connectivity index is 1.35. The number of carbonyl (C=O) groups is 2. The van der Waals surface area contributed by atoms with E-state index in [1.165, 1.54) is 0 Å². The van der Waals surface area contributed by atoms with Crippen molar-refractivity contribution in [3.05, 3.63) is 65.7 Å². The lowest BCUT2D eigenvalue weighted by molar-refractivity contribution is -0.132. The van der Waals surface area contributed by atoms with Gasteiger partial charge in [0.05, 0.1) is 6.61 Å². The van der Waals surface area contributed by atoms with Crippen LogP contribution in [-0.4, -0.2) is 42.5 Å². The summed E-state index contributed by atoms with van der Waals surface area (Å²) in [5.41, 5.74) is 1.77. The number of piperidine rings is 1. The molecular formula is C23H28N2O3. The second-order valence-corrected chi connectivity index (χ2v) is 7.26. The zero-order chi connectivity index (χ0) is 19.8. The van der Waals surface area contributed by atoms with Crippen molar-refractivity contribution in [1.82, 2.24) is 10.2 Å². The van der Waals surface area contributed by atoms with Crippen LogP contribution in [0.1, 0.15) is 41.6 Å². The molecule has 1 aliphatic heterocycles. The Bertz CT molecular complexity index is 783. The molecule has 2 aromatic carbocycles. The van der Waals surface area contributed by atoms with Crippen molar-refractivity contribution in [2.45, 2.75) is 38.6 Å². The average molecular weight is 380 g/mol. The molecule has 1 N–H and O–H groups in total. The molecule has 3 rings (SSSR count). The van der Waals surface area contributed by atoms with E-state index < -0.39 is 0 Å². The number of hydrogen-bond donors (Lipinski definition) is 1. The van der Waals surface area contributed by atoms with Gasteiger partial charge >= 0.3 is 0 Å². The summed E-state index contributed by atoms with van der Waals surface area (Å²) in [5.74, 6) is 0.965. The highest BCUT2D eigenvalue weighted by atomic mass is 16.5. The molecular weight excluding hydrogens is 352 g/mol. The molecule has 0 saturated carbocycles. The van der Waals surface area contributed by atoms with Crippen molar-refractivity contribution in [3.63, 3.8) is 0 Å². The van der Waals surface area contributed by atoms with E-state index in [-0.39, 0.29) is 17.9 Å². The summed E-state index contributed by atoms with van der Waals surface area (Å²) in [6.07, 6.45) is 2.79. The summed E-state index contributed by atoms with van der Waals surface area (Å²) >= 11 is 0. The number of aryl methyl sites for hydroxylation is 1. The van der Waals surface area contributed by atoms with Gasteiger partial charge in [-0.1, -0.05) is 35.9 Å². The van der Waals surface area contributed by atoms with E-state index >= 15 is 0 Å². The number of benzene rings is 2. The van der Waals surface area contributed by atoms with Gasteiger partial charge < -0.3 is 15.0 Å². The van der Waals surface area contributed by atoms with Crippen LogP contribution in [0.4, 0.5) is 0 Å². The number of amides is 2. The molecule has 0 unspecified atom stereocenters. The van der Waals surface area contributed by atoms with Gasteiger partial charge in [-0.15, -0.1) is 0 Å². The summed E-state index contributed by atoms with van der Waals surface area (Å²) in [7, 11) is 0. The maximum atomic E-state index is 12.4.